The van der Waals surface area contributed by atoms with E-state index < -0.39 is 0 Å². The molecule has 2 aromatic carbocycles. The Morgan fingerprint density at radius 2 is 1.62 bits per heavy atom. The molecule has 2 aromatic rings. The number of carbonyl (C=O) groups excluding carboxylic acids is 1. The highest BCUT2D eigenvalue weighted by molar-refractivity contribution is 5.92. The maximum Gasteiger partial charge on any atom is 0.225 e. The van der Waals surface area contributed by atoms with Gasteiger partial charge in [0.05, 0.1) is 0 Å². The number of hydrogen-bond donors (Lipinski definition) is 1. The first kappa shape index (κ1) is 18.2. The highest BCUT2D eigenvalue weighted by Gasteiger charge is 2.13. The van der Waals surface area contributed by atoms with Gasteiger partial charge in [-0.15, -0.1) is 0 Å². The molecule has 0 atom stereocenters. The molecule has 0 unspecified atom stereocenters. The molecule has 0 radical (unpaired) electrons. The van der Waals surface area contributed by atoms with Gasteiger partial charge in [0, 0.05) is 31.2 Å². The van der Waals surface area contributed by atoms with Crippen molar-refractivity contribution in [3.8, 4) is 0 Å². The van der Waals surface area contributed by atoms with Crippen molar-refractivity contribution < 1.29 is 4.79 Å². The topological polar surface area (TPSA) is 32.3 Å². The molecular weight excluding hydrogens is 296 g/mol. The molecule has 0 aliphatic rings. The molecule has 0 bridgehead atoms. The van der Waals surface area contributed by atoms with E-state index in [0.717, 1.165) is 29.9 Å². The number of hydrogen-bond acceptors (Lipinski definition) is 2. The van der Waals surface area contributed by atoms with E-state index in [0.29, 0.717) is 12.5 Å². The normalized spacial score (nSPS) is 11.1. The van der Waals surface area contributed by atoms with E-state index >= 15 is 0 Å². The lowest BCUT2D eigenvalue weighted by Crippen LogP contribution is -2.33. The smallest absolute Gasteiger partial charge is 0.225 e. The summed E-state index contributed by atoms with van der Waals surface area (Å²) >= 11 is 0. The van der Waals surface area contributed by atoms with Crippen LogP contribution in [0.25, 0.3) is 0 Å². The highest BCUT2D eigenvalue weighted by Crippen LogP contribution is 2.19. The van der Waals surface area contributed by atoms with E-state index in [2.05, 4.69) is 48.3 Å². The molecule has 24 heavy (non-hydrogen) atoms. The Bertz CT molecular complexity index is 645. The second-order valence-electron chi connectivity index (χ2n) is 6.61. The van der Waals surface area contributed by atoms with Crippen LogP contribution in [0.15, 0.2) is 48.5 Å². The van der Waals surface area contributed by atoms with Crippen molar-refractivity contribution in [3.05, 3.63) is 65.2 Å². The van der Waals surface area contributed by atoms with Gasteiger partial charge in [-0.2, -0.15) is 0 Å². The average Bonchev–Trinajstić information content (AvgIpc) is 2.55. The maximum atomic E-state index is 12.4. The summed E-state index contributed by atoms with van der Waals surface area (Å²) in [6.45, 7) is 10.0. The fraction of sp³-hybridized carbons (Fsp3) is 0.381. The van der Waals surface area contributed by atoms with Crippen LogP contribution in [0, 0.1) is 13.8 Å². The van der Waals surface area contributed by atoms with Crippen molar-refractivity contribution >= 4 is 11.6 Å². The zero-order valence-electron chi connectivity index (χ0n) is 15.2. The number of amides is 1. The van der Waals surface area contributed by atoms with Crippen molar-refractivity contribution in [2.45, 2.75) is 46.7 Å². The van der Waals surface area contributed by atoms with Crippen molar-refractivity contribution in [2.75, 3.05) is 11.9 Å². The van der Waals surface area contributed by atoms with Crippen LogP contribution in [-0.2, 0) is 11.3 Å². The summed E-state index contributed by atoms with van der Waals surface area (Å²) in [7, 11) is 0. The summed E-state index contributed by atoms with van der Waals surface area (Å²) in [6, 6.07) is 16.9. The third-order valence-corrected chi connectivity index (χ3v) is 4.33. The van der Waals surface area contributed by atoms with Crippen LogP contribution >= 0.6 is 0 Å². The fourth-order valence-electron chi connectivity index (χ4n) is 2.80. The zero-order valence-corrected chi connectivity index (χ0v) is 15.2. The quantitative estimate of drug-likeness (QED) is 0.811. The first-order valence-corrected chi connectivity index (χ1v) is 8.61. The molecule has 0 aliphatic carbocycles. The van der Waals surface area contributed by atoms with E-state index in [-0.39, 0.29) is 5.91 Å². The van der Waals surface area contributed by atoms with Gasteiger partial charge in [0.15, 0.2) is 0 Å². The van der Waals surface area contributed by atoms with Gasteiger partial charge in [0.25, 0.3) is 0 Å². The third-order valence-electron chi connectivity index (χ3n) is 4.33. The van der Waals surface area contributed by atoms with E-state index in [9.17, 15) is 4.79 Å². The van der Waals surface area contributed by atoms with Crippen LogP contribution < -0.4 is 5.32 Å². The molecule has 0 fully saturated rings. The number of rotatable bonds is 7. The number of nitrogens with zero attached hydrogens (tertiary/aromatic N) is 1. The van der Waals surface area contributed by atoms with Gasteiger partial charge in [0.2, 0.25) is 5.91 Å². The first-order chi connectivity index (χ1) is 11.5. The van der Waals surface area contributed by atoms with E-state index in [4.69, 9.17) is 0 Å². The molecule has 0 aromatic heterocycles. The summed E-state index contributed by atoms with van der Waals surface area (Å²) < 4.78 is 0. The largest absolute Gasteiger partial charge is 0.326 e. The monoisotopic (exact) mass is 324 g/mol. The van der Waals surface area contributed by atoms with Crippen LogP contribution in [0.4, 0.5) is 5.69 Å². The fourth-order valence-corrected chi connectivity index (χ4v) is 2.80. The van der Waals surface area contributed by atoms with Gasteiger partial charge in [0.1, 0.15) is 0 Å². The molecule has 0 saturated heterocycles. The summed E-state index contributed by atoms with van der Waals surface area (Å²) in [4.78, 5) is 14.7. The molecule has 0 aliphatic heterocycles. The summed E-state index contributed by atoms with van der Waals surface area (Å²) in [5.74, 6) is 0.0751. The number of para-hydroxylation sites is 1. The Morgan fingerprint density at radius 1 is 1.00 bits per heavy atom. The van der Waals surface area contributed by atoms with E-state index in [1.165, 1.54) is 5.56 Å². The Balaban J connectivity index is 1.93. The lowest BCUT2D eigenvalue weighted by Gasteiger charge is -2.26. The van der Waals surface area contributed by atoms with Crippen molar-refractivity contribution in [1.29, 1.82) is 0 Å². The van der Waals surface area contributed by atoms with Crippen LogP contribution in [0.3, 0.4) is 0 Å². The van der Waals surface area contributed by atoms with Crippen LogP contribution in [0.5, 0.6) is 0 Å². The maximum absolute atomic E-state index is 12.4. The number of benzene rings is 2. The second-order valence-corrected chi connectivity index (χ2v) is 6.61. The van der Waals surface area contributed by atoms with E-state index in [1.807, 2.05) is 38.1 Å². The van der Waals surface area contributed by atoms with Gasteiger partial charge >= 0.3 is 0 Å². The van der Waals surface area contributed by atoms with Crippen LogP contribution in [0.1, 0.15) is 37.0 Å². The minimum absolute atomic E-state index is 0.0751. The molecule has 0 spiro atoms. The Labute approximate surface area is 145 Å². The van der Waals surface area contributed by atoms with Gasteiger partial charge in [-0.25, -0.2) is 0 Å². The van der Waals surface area contributed by atoms with Crippen molar-refractivity contribution in [1.82, 2.24) is 4.90 Å². The highest BCUT2D eigenvalue weighted by atomic mass is 16.1. The lowest BCUT2D eigenvalue weighted by atomic mass is 10.1. The van der Waals surface area contributed by atoms with Crippen LogP contribution in [-0.4, -0.2) is 23.4 Å². The standard InChI is InChI=1S/C21H28N2O/c1-16(2)23(15-19-11-6-5-7-12-19)14-13-20(24)22-21-17(3)9-8-10-18(21)4/h5-12,16H,13-15H2,1-4H3,(H,22,24). The van der Waals surface area contributed by atoms with Gasteiger partial charge < -0.3 is 5.32 Å². The molecule has 1 N–H and O–H groups in total. The number of nitrogens with one attached hydrogen (secondary N) is 1. The summed E-state index contributed by atoms with van der Waals surface area (Å²) in [5, 5.41) is 3.07. The van der Waals surface area contributed by atoms with Gasteiger partial charge in [-0.05, 0) is 44.4 Å². The average molecular weight is 324 g/mol. The third kappa shape index (κ3) is 5.20. The minimum atomic E-state index is 0.0751. The molecule has 3 heteroatoms. The number of aryl methyl sites for hydroxylation is 2. The summed E-state index contributed by atoms with van der Waals surface area (Å²) in [5.41, 5.74) is 4.43. The summed E-state index contributed by atoms with van der Waals surface area (Å²) in [6.07, 6.45) is 0.499. The van der Waals surface area contributed by atoms with Crippen LogP contribution in [0.2, 0.25) is 0 Å². The molecule has 1 amide bonds. The van der Waals surface area contributed by atoms with Gasteiger partial charge in [-0.1, -0.05) is 48.5 Å². The molecular formula is C21H28N2O. The first-order valence-electron chi connectivity index (χ1n) is 8.61. The molecule has 3 nitrogen and oxygen atoms in total. The van der Waals surface area contributed by atoms with E-state index in [1.54, 1.807) is 0 Å². The molecule has 0 heterocycles. The number of carbonyl (C=O) groups is 1. The lowest BCUT2D eigenvalue weighted by molar-refractivity contribution is -0.116. The predicted octanol–water partition coefficient (Wildman–Crippen LogP) is 4.54. The van der Waals surface area contributed by atoms with Crippen molar-refractivity contribution in [2.24, 2.45) is 0 Å². The molecule has 128 valence electrons. The minimum Gasteiger partial charge on any atom is -0.326 e. The van der Waals surface area contributed by atoms with Gasteiger partial charge in [-0.3, -0.25) is 9.69 Å². The Morgan fingerprint density at radius 3 is 2.21 bits per heavy atom. The zero-order chi connectivity index (χ0) is 17.5. The molecule has 0 saturated carbocycles. The Kier molecular flexibility index (Phi) is 6.56. The second kappa shape index (κ2) is 8.65. The SMILES string of the molecule is Cc1cccc(C)c1NC(=O)CCN(Cc1ccccc1)C(C)C. The molecule has 2 rings (SSSR count). The number of anilines is 1. The van der Waals surface area contributed by atoms with Crippen molar-refractivity contribution in [3.63, 3.8) is 0 Å². The predicted molar refractivity (Wildman–Crippen MR) is 101 cm³/mol. The Hall–Kier alpha value is -2.13.